The molecule has 3 nitrogen and oxygen atoms in total. The summed E-state index contributed by atoms with van der Waals surface area (Å²) < 4.78 is 17.7. The normalized spacial score (nSPS) is 11.2. The summed E-state index contributed by atoms with van der Waals surface area (Å²) in [6.45, 7) is 1.81. The van der Waals surface area contributed by atoms with E-state index in [9.17, 15) is 0 Å². The van der Waals surface area contributed by atoms with Crippen LogP contribution in [-0.4, -0.2) is 21.3 Å². The fraction of sp³-hybridized carbons (Fsp3) is 0.385. The first-order valence-corrected chi connectivity index (χ1v) is 15.5. The van der Waals surface area contributed by atoms with Crippen LogP contribution in [0.2, 0.25) is 0 Å². The van der Waals surface area contributed by atoms with E-state index < -0.39 is 0 Å². The van der Waals surface area contributed by atoms with Crippen LogP contribution in [0.15, 0.2) is 91.0 Å². The van der Waals surface area contributed by atoms with Crippen LogP contribution < -0.4 is 0 Å². The highest BCUT2D eigenvalue weighted by Crippen LogP contribution is 2.34. The highest BCUT2D eigenvalue weighted by Gasteiger charge is 2.23. The number of methoxy groups -OCH3 is 3. The summed E-state index contributed by atoms with van der Waals surface area (Å²) in [5, 5.41) is 0. The molecule has 0 aliphatic carbocycles. The van der Waals surface area contributed by atoms with Crippen molar-refractivity contribution in [1.29, 1.82) is 0 Å². The highest BCUT2D eigenvalue weighted by atomic mass is 16.5. The van der Waals surface area contributed by atoms with E-state index in [4.69, 9.17) is 14.2 Å². The van der Waals surface area contributed by atoms with Crippen molar-refractivity contribution in [2.45, 2.75) is 77.6 Å². The molecule has 0 N–H and O–H groups in total. The van der Waals surface area contributed by atoms with Crippen molar-refractivity contribution >= 4 is 0 Å². The van der Waals surface area contributed by atoms with Crippen molar-refractivity contribution in [2.75, 3.05) is 21.3 Å². The predicted octanol–water partition coefficient (Wildman–Crippen LogP) is 8.65. The molecule has 0 unspecified atom stereocenters. The zero-order chi connectivity index (χ0) is 29.4. The first-order chi connectivity index (χ1) is 20.7. The van der Waals surface area contributed by atoms with Gasteiger partial charge >= 0.3 is 0 Å². The Labute approximate surface area is 253 Å². The largest absolute Gasteiger partial charge is 0.380 e. The summed E-state index contributed by atoms with van der Waals surface area (Å²) in [5.74, 6) is 0. The van der Waals surface area contributed by atoms with E-state index >= 15 is 0 Å². The Morgan fingerprint density at radius 2 is 0.595 bits per heavy atom. The smallest absolute Gasteiger partial charge is 0.0719 e. The Hall–Kier alpha value is -3.24. The van der Waals surface area contributed by atoms with Crippen LogP contribution in [-0.2, 0) is 72.6 Å². The highest BCUT2D eigenvalue weighted by molar-refractivity contribution is 5.52. The Morgan fingerprint density at radius 3 is 0.881 bits per heavy atom. The van der Waals surface area contributed by atoms with Gasteiger partial charge < -0.3 is 14.2 Å². The molecule has 0 amide bonds. The average molecular weight is 565 g/mol. The summed E-state index contributed by atoms with van der Waals surface area (Å²) in [4.78, 5) is 0. The Balaban J connectivity index is 1.72. The second-order valence-corrected chi connectivity index (χ2v) is 11.2. The third-order valence-corrected chi connectivity index (χ3v) is 8.26. The molecular formula is C39H48O3. The van der Waals surface area contributed by atoms with E-state index in [1.54, 1.807) is 0 Å². The maximum absolute atomic E-state index is 5.93. The van der Waals surface area contributed by atoms with Gasteiger partial charge in [-0.3, -0.25) is 0 Å². The topological polar surface area (TPSA) is 27.7 Å². The lowest BCUT2D eigenvalue weighted by Gasteiger charge is -2.27. The van der Waals surface area contributed by atoms with Gasteiger partial charge in [0.1, 0.15) is 0 Å². The van der Waals surface area contributed by atoms with Crippen LogP contribution in [0.4, 0.5) is 0 Å². The molecule has 0 atom stereocenters. The first-order valence-electron chi connectivity index (χ1n) is 15.5. The maximum atomic E-state index is 5.93. The molecule has 0 aliphatic heterocycles. The van der Waals surface area contributed by atoms with Crippen molar-refractivity contribution in [1.82, 2.24) is 0 Å². The molecule has 222 valence electrons. The van der Waals surface area contributed by atoms with Gasteiger partial charge in [0.15, 0.2) is 0 Å². The van der Waals surface area contributed by atoms with Gasteiger partial charge in [0, 0.05) is 21.3 Å². The van der Waals surface area contributed by atoms with E-state index in [1.807, 2.05) is 21.3 Å². The molecule has 0 radical (unpaired) electrons. The lowest BCUT2D eigenvalue weighted by Crippen LogP contribution is -2.16. The second kappa shape index (κ2) is 17.7. The quantitative estimate of drug-likeness (QED) is 0.121. The molecule has 0 heterocycles. The van der Waals surface area contributed by atoms with Crippen molar-refractivity contribution in [3.05, 3.63) is 141 Å². The lowest BCUT2D eigenvalue weighted by molar-refractivity contribution is 0.164. The lowest BCUT2D eigenvalue weighted by atomic mass is 9.81. The zero-order valence-electron chi connectivity index (χ0n) is 25.9. The molecule has 0 fully saturated rings. The molecule has 0 spiro atoms. The first kappa shape index (κ1) is 31.7. The van der Waals surface area contributed by atoms with Crippen LogP contribution in [0, 0.1) is 0 Å². The van der Waals surface area contributed by atoms with Gasteiger partial charge in [-0.1, -0.05) is 91.0 Å². The molecule has 4 rings (SSSR count). The molecule has 4 aromatic carbocycles. The summed E-state index contributed by atoms with van der Waals surface area (Å²) in [7, 11) is 5.45. The average Bonchev–Trinajstić information content (AvgIpc) is 3.03. The minimum absolute atomic E-state index is 0.589. The zero-order valence-corrected chi connectivity index (χ0v) is 25.9. The number of benzene rings is 4. The summed E-state index contributed by atoms with van der Waals surface area (Å²) >= 11 is 0. The minimum atomic E-state index is 0.589. The number of aryl methyl sites for hydroxylation is 3. The number of rotatable bonds is 18. The molecule has 0 aromatic heterocycles. The van der Waals surface area contributed by atoms with Gasteiger partial charge in [0.25, 0.3) is 0 Å². The van der Waals surface area contributed by atoms with Gasteiger partial charge in [0.05, 0.1) is 19.8 Å². The van der Waals surface area contributed by atoms with E-state index in [0.717, 1.165) is 57.8 Å². The Bertz CT molecular complexity index is 1320. The van der Waals surface area contributed by atoms with Crippen LogP contribution in [0.3, 0.4) is 0 Å². The fourth-order valence-corrected chi connectivity index (χ4v) is 6.30. The molecular weight excluding hydrogens is 516 g/mol. The van der Waals surface area contributed by atoms with Crippen LogP contribution in [0.1, 0.15) is 69.3 Å². The van der Waals surface area contributed by atoms with Crippen LogP contribution in [0.5, 0.6) is 0 Å². The summed E-state index contributed by atoms with van der Waals surface area (Å²) in [6.07, 6.45) is 9.52. The van der Waals surface area contributed by atoms with E-state index in [-0.39, 0.29) is 0 Å². The van der Waals surface area contributed by atoms with Crippen molar-refractivity contribution in [2.24, 2.45) is 0 Å². The number of hydrogen-bond donors (Lipinski definition) is 0. The van der Waals surface area contributed by atoms with Crippen LogP contribution >= 0.6 is 0 Å². The maximum Gasteiger partial charge on any atom is 0.0719 e. The molecule has 0 saturated heterocycles. The van der Waals surface area contributed by atoms with Gasteiger partial charge in [-0.2, -0.15) is 0 Å². The standard InChI is InChI=1S/C39H48O3/c1-40-28-37-34(25-13-22-31-16-7-4-8-17-31)35(26-14-23-32-18-9-5-10-19-32)38(29-41-2)39(30-42-3)36(37)27-15-24-33-20-11-6-12-21-33/h4-12,16-21H,13-15,22-30H2,1-3H3. The van der Waals surface area contributed by atoms with Crippen LogP contribution in [0.25, 0.3) is 0 Å². The molecule has 0 bridgehead atoms. The fourth-order valence-electron chi connectivity index (χ4n) is 6.30. The second-order valence-electron chi connectivity index (χ2n) is 11.2. The monoisotopic (exact) mass is 564 g/mol. The Kier molecular flexibility index (Phi) is 13.3. The van der Waals surface area contributed by atoms with Crippen molar-refractivity contribution in [3.8, 4) is 0 Å². The van der Waals surface area contributed by atoms with Gasteiger partial charge in [0.2, 0.25) is 0 Å². The van der Waals surface area contributed by atoms with Crippen molar-refractivity contribution < 1.29 is 14.2 Å². The predicted molar refractivity (Wildman–Crippen MR) is 174 cm³/mol. The van der Waals surface area contributed by atoms with E-state index in [2.05, 4.69) is 91.0 Å². The van der Waals surface area contributed by atoms with E-state index in [1.165, 1.54) is 50.1 Å². The Morgan fingerprint density at radius 1 is 0.333 bits per heavy atom. The summed E-state index contributed by atoms with van der Waals surface area (Å²) in [6, 6.07) is 32.5. The van der Waals surface area contributed by atoms with Crippen molar-refractivity contribution in [3.63, 3.8) is 0 Å². The molecule has 4 aromatic rings. The molecule has 42 heavy (non-hydrogen) atoms. The minimum Gasteiger partial charge on any atom is -0.380 e. The van der Waals surface area contributed by atoms with E-state index in [0.29, 0.717) is 19.8 Å². The third kappa shape index (κ3) is 9.13. The molecule has 3 heteroatoms. The number of ether oxygens (including phenoxy) is 3. The SMILES string of the molecule is COCc1c(CCCc2ccccc2)c(CCCc2ccccc2)c(COC)c(COC)c1CCCc1ccccc1. The van der Waals surface area contributed by atoms with Gasteiger partial charge in [-0.25, -0.2) is 0 Å². The number of hydrogen-bond acceptors (Lipinski definition) is 3. The van der Waals surface area contributed by atoms with Gasteiger partial charge in [-0.15, -0.1) is 0 Å². The summed E-state index contributed by atoms with van der Waals surface area (Å²) in [5.41, 5.74) is 12.5. The molecule has 0 aliphatic rings. The van der Waals surface area contributed by atoms with Gasteiger partial charge in [-0.05, 0) is 108 Å². The molecule has 0 saturated carbocycles. The third-order valence-electron chi connectivity index (χ3n) is 8.26.